The van der Waals surface area contributed by atoms with Crippen LogP contribution in [0.25, 0.3) is 0 Å². The Morgan fingerprint density at radius 2 is 2.06 bits per heavy atom. The normalized spacial score (nSPS) is 13.7. The first-order chi connectivity index (χ1) is 7.71. The van der Waals surface area contributed by atoms with Crippen molar-refractivity contribution in [2.24, 2.45) is 5.41 Å². The van der Waals surface area contributed by atoms with Crippen molar-refractivity contribution in [2.45, 2.75) is 46.6 Å². The summed E-state index contributed by atoms with van der Waals surface area (Å²) in [6.07, 6.45) is -0.0175. The van der Waals surface area contributed by atoms with Crippen molar-refractivity contribution in [3.8, 4) is 0 Å². The van der Waals surface area contributed by atoms with Gasteiger partial charge >= 0.3 is 5.97 Å². The molecule has 1 aromatic heterocycles. The molecule has 0 amide bonds. The Labute approximate surface area is 106 Å². The molecular weight excluding hydrogens is 236 g/mol. The summed E-state index contributed by atoms with van der Waals surface area (Å²) >= 11 is 1.58. The van der Waals surface area contributed by atoms with Gasteiger partial charge in [0, 0.05) is 9.75 Å². The molecule has 2 N–H and O–H groups in total. The third-order valence-corrected chi connectivity index (χ3v) is 4.01. The Hall–Kier alpha value is -0.870. The Kier molecular flexibility index (Phi) is 4.33. The zero-order chi connectivity index (χ0) is 13.2. The summed E-state index contributed by atoms with van der Waals surface area (Å²) in [6, 6.07) is 2.05. The number of hydrogen-bond donors (Lipinski definition) is 2. The molecule has 0 fully saturated rings. The predicted molar refractivity (Wildman–Crippen MR) is 69.4 cm³/mol. The Bertz CT molecular complexity index is 407. The van der Waals surface area contributed by atoms with Gasteiger partial charge in [-0.1, -0.05) is 13.8 Å². The molecule has 0 saturated carbocycles. The van der Waals surface area contributed by atoms with Crippen LogP contribution in [0.2, 0.25) is 0 Å². The SMILES string of the molecule is Cc1cc(C)c(C(O)CC(C)(C)CC(=O)O)s1. The van der Waals surface area contributed by atoms with Gasteiger partial charge in [-0.25, -0.2) is 0 Å². The molecule has 0 spiro atoms. The van der Waals surface area contributed by atoms with E-state index in [1.807, 2.05) is 33.8 Å². The summed E-state index contributed by atoms with van der Waals surface area (Å²) in [7, 11) is 0. The first-order valence-corrected chi connectivity index (χ1v) is 6.50. The molecule has 0 aliphatic carbocycles. The molecule has 3 nitrogen and oxygen atoms in total. The molecule has 0 aromatic carbocycles. The molecular formula is C13H20O3S. The lowest BCUT2D eigenvalue weighted by molar-refractivity contribution is -0.139. The maximum Gasteiger partial charge on any atom is 0.303 e. The van der Waals surface area contributed by atoms with Crippen LogP contribution in [0.3, 0.4) is 0 Å². The zero-order valence-electron chi connectivity index (χ0n) is 10.8. The average molecular weight is 256 g/mol. The number of rotatable bonds is 5. The Morgan fingerprint density at radius 1 is 1.47 bits per heavy atom. The molecule has 0 saturated heterocycles. The van der Waals surface area contributed by atoms with E-state index in [1.165, 1.54) is 4.88 Å². The molecule has 1 rings (SSSR count). The minimum absolute atomic E-state index is 0.0769. The molecule has 1 atom stereocenters. The summed E-state index contributed by atoms with van der Waals surface area (Å²) in [5, 5.41) is 19.0. The highest BCUT2D eigenvalue weighted by Gasteiger charge is 2.27. The van der Waals surface area contributed by atoms with E-state index in [2.05, 4.69) is 0 Å². The fourth-order valence-corrected chi connectivity index (χ4v) is 3.11. The van der Waals surface area contributed by atoms with Gasteiger partial charge in [0.05, 0.1) is 12.5 Å². The van der Waals surface area contributed by atoms with Gasteiger partial charge in [-0.15, -0.1) is 11.3 Å². The second-order valence-electron chi connectivity index (χ2n) is 5.36. The number of hydrogen-bond acceptors (Lipinski definition) is 3. The highest BCUT2D eigenvalue weighted by Crippen LogP contribution is 2.37. The standard InChI is InChI=1S/C13H20O3S/c1-8-5-9(2)17-12(8)10(14)6-13(3,4)7-11(15)16/h5,10,14H,6-7H2,1-4H3,(H,15,16). The Balaban J connectivity index is 2.75. The third kappa shape index (κ3) is 4.13. The average Bonchev–Trinajstić information content (AvgIpc) is 2.41. The van der Waals surface area contributed by atoms with Crippen molar-refractivity contribution < 1.29 is 15.0 Å². The van der Waals surface area contributed by atoms with Crippen molar-refractivity contribution in [1.82, 2.24) is 0 Å². The molecule has 0 bridgehead atoms. The minimum Gasteiger partial charge on any atom is -0.481 e. The van der Waals surface area contributed by atoms with Gasteiger partial charge < -0.3 is 10.2 Å². The number of aryl methyl sites for hydroxylation is 2. The molecule has 0 radical (unpaired) electrons. The van der Waals surface area contributed by atoms with Gasteiger partial charge in [-0.3, -0.25) is 4.79 Å². The molecule has 4 heteroatoms. The van der Waals surface area contributed by atoms with Gasteiger partial charge in [-0.05, 0) is 37.3 Å². The van der Waals surface area contributed by atoms with Crippen LogP contribution in [0, 0.1) is 19.3 Å². The lowest BCUT2D eigenvalue weighted by atomic mass is 9.83. The summed E-state index contributed by atoms with van der Waals surface area (Å²) in [6.45, 7) is 7.74. The maximum absolute atomic E-state index is 10.7. The van der Waals surface area contributed by atoms with Crippen LogP contribution >= 0.6 is 11.3 Å². The predicted octanol–water partition coefficient (Wildman–Crippen LogP) is 3.29. The third-order valence-electron chi connectivity index (χ3n) is 2.76. The summed E-state index contributed by atoms with van der Waals surface area (Å²) in [5.41, 5.74) is 0.696. The van der Waals surface area contributed by atoms with E-state index in [-0.39, 0.29) is 6.42 Å². The lowest BCUT2D eigenvalue weighted by Gasteiger charge is -2.25. The van der Waals surface area contributed by atoms with E-state index in [0.29, 0.717) is 6.42 Å². The van der Waals surface area contributed by atoms with E-state index in [1.54, 1.807) is 11.3 Å². The number of carbonyl (C=O) groups is 1. The summed E-state index contributed by atoms with van der Waals surface area (Å²) < 4.78 is 0. The molecule has 0 aliphatic rings. The van der Waals surface area contributed by atoms with E-state index >= 15 is 0 Å². The van der Waals surface area contributed by atoms with Crippen LogP contribution in [0.15, 0.2) is 6.07 Å². The van der Waals surface area contributed by atoms with E-state index < -0.39 is 17.5 Å². The van der Waals surface area contributed by atoms with Gasteiger partial charge in [-0.2, -0.15) is 0 Å². The minimum atomic E-state index is -0.818. The largest absolute Gasteiger partial charge is 0.481 e. The number of thiophene rings is 1. The number of carboxylic acids is 1. The maximum atomic E-state index is 10.7. The fraction of sp³-hybridized carbons (Fsp3) is 0.615. The van der Waals surface area contributed by atoms with Crippen LogP contribution < -0.4 is 0 Å². The quantitative estimate of drug-likeness (QED) is 0.850. The van der Waals surface area contributed by atoms with Crippen LogP contribution in [0.4, 0.5) is 0 Å². The van der Waals surface area contributed by atoms with Gasteiger partial charge in [0.15, 0.2) is 0 Å². The van der Waals surface area contributed by atoms with E-state index in [4.69, 9.17) is 5.11 Å². The molecule has 96 valence electrons. The summed E-state index contributed by atoms with van der Waals surface area (Å²) in [4.78, 5) is 12.9. The molecule has 0 aliphatic heterocycles. The summed E-state index contributed by atoms with van der Waals surface area (Å²) in [5.74, 6) is -0.818. The number of carboxylic acid groups (broad SMARTS) is 1. The molecule has 1 aromatic rings. The fourth-order valence-electron chi connectivity index (χ4n) is 2.09. The van der Waals surface area contributed by atoms with Crippen LogP contribution in [0.5, 0.6) is 0 Å². The smallest absolute Gasteiger partial charge is 0.303 e. The van der Waals surface area contributed by atoms with E-state index in [0.717, 1.165) is 10.4 Å². The molecule has 1 unspecified atom stereocenters. The molecule has 1 heterocycles. The topological polar surface area (TPSA) is 57.5 Å². The van der Waals surface area contributed by atoms with Crippen molar-refractivity contribution in [1.29, 1.82) is 0 Å². The van der Waals surface area contributed by atoms with Crippen molar-refractivity contribution in [3.63, 3.8) is 0 Å². The first kappa shape index (κ1) is 14.2. The number of aliphatic carboxylic acids is 1. The van der Waals surface area contributed by atoms with Crippen LogP contribution in [-0.2, 0) is 4.79 Å². The van der Waals surface area contributed by atoms with E-state index in [9.17, 15) is 9.90 Å². The van der Waals surface area contributed by atoms with Crippen LogP contribution in [0.1, 0.15) is 48.1 Å². The van der Waals surface area contributed by atoms with Crippen LogP contribution in [-0.4, -0.2) is 16.2 Å². The van der Waals surface area contributed by atoms with Gasteiger partial charge in [0.2, 0.25) is 0 Å². The second kappa shape index (κ2) is 5.19. The number of aliphatic hydroxyl groups excluding tert-OH is 1. The molecule has 17 heavy (non-hydrogen) atoms. The zero-order valence-corrected chi connectivity index (χ0v) is 11.6. The monoisotopic (exact) mass is 256 g/mol. The highest BCUT2D eigenvalue weighted by molar-refractivity contribution is 7.12. The second-order valence-corrected chi connectivity index (χ2v) is 6.65. The van der Waals surface area contributed by atoms with Gasteiger partial charge in [0.25, 0.3) is 0 Å². The van der Waals surface area contributed by atoms with Crippen molar-refractivity contribution >= 4 is 17.3 Å². The van der Waals surface area contributed by atoms with Crippen molar-refractivity contribution in [2.75, 3.05) is 0 Å². The number of aliphatic hydroxyl groups is 1. The highest BCUT2D eigenvalue weighted by atomic mass is 32.1. The lowest BCUT2D eigenvalue weighted by Crippen LogP contribution is -2.20. The van der Waals surface area contributed by atoms with Gasteiger partial charge in [0.1, 0.15) is 0 Å². The first-order valence-electron chi connectivity index (χ1n) is 5.68. The Morgan fingerprint density at radius 3 is 2.47 bits per heavy atom. The van der Waals surface area contributed by atoms with Crippen molar-refractivity contribution in [3.05, 3.63) is 21.4 Å².